The van der Waals surface area contributed by atoms with Gasteiger partial charge in [0.1, 0.15) is 11.3 Å². The highest BCUT2D eigenvalue weighted by molar-refractivity contribution is 7.22. The summed E-state index contributed by atoms with van der Waals surface area (Å²) in [7, 11) is 0. The molecule has 8 heteroatoms. The van der Waals surface area contributed by atoms with Gasteiger partial charge in [0, 0.05) is 6.61 Å². The molecule has 0 N–H and O–H groups in total. The molecule has 0 spiro atoms. The van der Waals surface area contributed by atoms with E-state index in [1.165, 1.54) is 34.4 Å². The van der Waals surface area contributed by atoms with Crippen LogP contribution in [0.25, 0.3) is 10.2 Å². The number of hydrogen-bond acceptors (Lipinski definition) is 5. The molecule has 1 aromatic heterocycles. The first-order chi connectivity index (χ1) is 13.6. The number of rotatable bonds is 6. The first kappa shape index (κ1) is 18.8. The van der Waals surface area contributed by atoms with Crippen LogP contribution in [0.1, 0.15) is 12.8 Å². The zero-order valence-electron chi connectivity index (χ0n) is 14.9. The van der Waals surface area contributed by atoms with E-state index < -0.39 is 17.5 Å². The van der Waals surface area contributed by atoms with Crippen molar-refractivity contribution in [1.82, 2.24) is 4.98 Å². The molecule has 1 unspecified atom stereocenters. The van der Waals surface area contributed by atoms with E-state index in [0.717, 1.165) is 12.8 Å². The number of para-hydroxylation sites is 2. The van der Waals surface area contributed by atoms with Crippen LogP contribution in [0.3, 0.4) is 0 Å². The van der Waals surface area contributed by atoms with Gasteiger partial charge < -0.3 is 9.47 Å². The topological polar surface area (TPSA) is 51.7 Å². The van der Waals surface area contributed by atoms with Gasteiger partial charge in [0.2, 0.25) is 0 Å². The van der Waals surface area contributed by atoms with Gasteiger partial charge in [0.25, 0.3) is 5.91 Å². The van der Waals surface area contributed by atoms with Crippen LogP contribution >= 0.6 is 11.3 Å². The molecule has 1 aliphatic rings. The van der Waals surface area contributed by atoms with E-state index in [2.05, 4.69) is 4.98 Å². The highest BCUT2D eigenvalue weighted by Crippen LogP contribution is 2.31. The van der Waals surface area contributed by atoms with E-state index in [1.54, 1.807) is 24.3 Å². The zero-order chi connectivity index (χ0) is 19.5. The lowest BCUT2D eigenvalue weighted by molar-refractivity contribution is -0.121. The Hall–Kier alpha value is -2.58. The third kappa shape index (κ3) is 3.98. The monoisotopic (exact) mass is 404 g/mol. The van der Waals surface area contributed by atoms with E-state index in [9.17, 15) is 13.6 Å². The normalized spacial score (nSPS) is 16.4. The van der Waals surface area contributed by atoms with Gasteiger partial charge >= 0.3 is 0 Å². The van der Waals surface area contributed by atoms with E-state index in [1.807, 2.05) is 0 Å². The zero-order valence-corrected chi connectivity index (χ0v) is 15.8. The van der Waals surface area contributed by atoms with Gasteiger partial charge in [-0.1, -0.05) is 29.5 Å². The third-order valence-electron chi connectivity index (χ3n) is 4.49. The Morgan fingerprint density at radius 3 is 2.79 bits per heavy atom. The summed E-state index contributed by atoms with van der Waals surface area (Å²) in [6, 6.07) is 10.6. The van der Waals surface area contributed by atoms with Crippen LogP contribution < -0.4 is 9.64 Å². The molecule has 0 aliphatic carbocycles. The summed E-state index contributed by atoms with van der Waals surface area (Å²) in [5, 5.41) is 0.373. The number of ether oxygens (including phenoxy) is 2. The second-order valence-electron chi connectivity index (χ2n) is 6.44. The van der Waals surface area contributed by atoms with Crippen LogP contribution in [0.2, 0.25) is 0 Å². The second-order valence-corrected chi connectivity index (χ2v) is 7.45. The number of carbonyl (C=O) groups is 1. The minimum Gasteiger partial charge on any atom is -0.481 e. The van der Waals surface area contributed by atoms with Crippen molar-refractivity contribution in [3.63, 3.8) is 0 Å². The number of benzene rings is 2. The van der Waals surface area contributed by atoms with Crippen molar-refractivity contribution in [2.45, 2.75) is 18.9 Å². The molecule has 0 saturated carbocycles. The molecule has 28 heavy (non-hydrogen) atoms. The fraction of sp³-hybridized carbons (Fsp3) is 0.300. The average molecular weight is 404 g/mol. The number of anilines is 1. The smallest absolute Gasteiger partial charge is 0.266 e. The number of nitrogens with zero attached hydrogens (tertiary/aromatic N) is 2. The summed E-state index contributed by atoms with van der Waals surface area (Å²) in [5.74, 6) is -1.36. The molecule has 4 rings (SSSR count). The number of amides is 1. The van der Waals surface area contributed by atoms with E-state index in [-0.39, 0.29) is 24.0 Å². The molecule has 2 heterocycles. The Bertz CT molecular complexity index is 988. The van der Waals surface area contributed by atoms with Crippen molar-refractivity contribution in [3.05, 3.63) is 54.1 Å². The molecule has 1 aliphatic heterocycles. The van der Waals surface area contributed by atoms with Crippen molar-refractivity contribution in [3.8, 4) is 5.75 Å². The molecule has 3 aromatic rings. The predicted molar refractivity (Wildman–Crippen MR) is 103 cm³/mol. The molecular formula is C20H18F2N2O3S. The van der Waals surface area contributed by atoms with Crippen molar-refractivity contribution < 1.29 is 23.0 Å². The largest absolute Gasteiger partial charge is 0.481 e. The van der Waals surface area contributed by atoms with Gasteiger partial charge in [-0.2, -0.15) is 0 Å². The minimum atomic E-state index is -0.539. The molecule has 5 nitrogen and oxygen atoms in total. The van der Waals surface area contributed by atoms with Crippen molar-refractivity contribution in [1.29, 1.82) is 0 Å². The quantitative estimate of drug-likeness (QED) is 0.619. The van der Waals surface area contributed by atoms with Crippen LogP contribution in [0, 0.1) is 11.6 Å². The SMILES string of the molecule is O=C(COc1ccccc1F)N(CC1CCCO1)c1nc2c(F)cccc2s1. The maximum atomic E-state index is 14.0. The maximum Gasteiger partial charge on any atom is 0.266 e. The Kier molecular flexibility index (Phi) is 5.50. The molecular weight excluding hydrogens is 386 g/mol. The number of carbonyl (C=O) groups excluding carboxylic acids is 1. The van der Waals surface area contributed by atoms with E-state index in [0.29, 0.717) is 23.0 Å². The van der Waals surface area contributed by atoms with Gasteiger partial charge in [-0.15, -0.1) is 0 Å². The van der Waals surface area contributed by atoms with Crippen LogP contribution in [0.15, 0.2) is 42.5 Å². The summed E-state index contributed by atoms with van der Waals surface area (Å²) in [4.78, 5) is 18.6. The van der Waals surface area contributed by atoms with E-state index >= 15 is 0 Å². The van der Waals surface area contributed by atoms with Crippen molar-refractivity contribution in [2.24, 2.45) is 0 Å². The van der Waals surface area contributed by atoms with Crippen LogP contribution in [-0.2, 0) is 9.53 Å². The average Bonchev–Trinajstić information content (AvgIpc) is 3.35. The Morgan fingerprint density at radius 1 is 1.21 bits per heavy atom. The summed E-state index contributed by atoms with van der Waals surface area (Å²) in [6.07, 6.45) is 1.64. The first-order valence-corrected chi connectivity index (χ1v) is 9.78. The van der Waals surface area contributed by atoms with Crippen LogP contribution in [0.4, 0.5) is 13.9 Å². The molecule has 2 aromatic carbocycles. The van der Waals surface area contributed by atoms with Gasteiger partial charge in [0.15, 0.2) is 23.3 Å². The number of halogens is 2. The minimum absolute atomic E-state index is 0.00302. The predicted octanol–water partition coefficient (Wildman–Crippen LogP) is 4.17. The number of hydrogen-bond donors (Lipinski definition) is 0. The van der Waals surface area contributed by atoms with E-state index in [4.69, 9.17) is 9.47 Å². The fourth-order valence-electron chi connectivity index (χ4n) is 3.08. The molecule has 1 saturated heterocycles. The Labute approximate surface area is 164 Å². The molecule has 1 fully saturated rings. The van der Waals surface area contributed by atoms with Crippen molar-refractivity contribution >= 4 is 32.6 Å². The molecule has 1 amide bonds. The second kappa shape index (κ2) is 8.20. The fourth-order valence-corrected chi connectivity index (χ4v) is 4.08. The molecule has 1 atom stereocenters. The van der Waals surface area contributed by atoms with Crippen LogP contribution in [-0.4, -0.2) is 36.8 Å². The third-order valence-corrected chi connectivity index (χ3v) is 5.53. The van der Waals surface area contributed by atoms with Crippen molar-refractivity contribution in [2.75, 3.05) is 24.7 Å². The standard InChI is InChI=1S/C20H18F2N2O3S/c21-14-6-1-2-8-16(14)27-12-18(25)24(11-13-5-4-10-26-13)20-23-19-15(22)7-3-9-17(19)28-20/h1-3,6-9,13H,4-5,10-12H2. The van der Waals surface area contributed by atoms with Gasteiger partial charge in [-0.25, -0.2) is 13.8 Å². The van der Waals surface area contributed by atoms with Crippen LogP contribution in [0.5, 0.6) is 5.75 Å². The summed E-state index contributed by atoms with van der Waals surface area (Å²) < 4.78 is 39.4. The maximum absolute atomic E-state index is 14.0. The lowest BCUT2D eigenvalue weighted by Crippen LogP contribution is -2.40. The van der Waals surface area contributed by atoms with Gasteiger partial charge in [-0.3, -0.25) is 9.69 Å². The highest BCUT2D eigenvalue weighted by Gasteiger charge is 2.27. The summed E-state index contributed by atoms with van der Waals surface area (Å²) in [5.41, 5.74) is 0.225. The molecule has 0 bridgehead atoms. The van der Waals surface area contributed by atoms with Gasteiger partial charge in [0.05, 0.1) is 17.3 Å². The number of fused-ring (bicyclic) bond motifs is 1. The summed E-state index contributed by atoms with van der Waals surface area (Å²) in [6.45, 7) is 0.583. The molecule has 0 radical (unpaired) electrons. The number of thiazole rings is 1. The summed E-state index contributed by atoms with van der Waals surface area (Å²) >= 11 is 1.22. The first-order valence-electron chi connectivity index (χ1n) is 8.96. The lowest BCUT2D eigenvalue weighted by atomic mass is 10.2. The number of aromatic nitrogens is 1. The lowest BCUT2D eigenvalue weighted by Gasteiger charge is -2.23. The Morgan fingerprint density at radius 2 is 2.04 bits per heavy atom. The molecule has 146 valence electrons. The highest BCUT2D eigenvalue weighted by atomic mass is 32.1. The van der Waals surface area contributed by atoms with Gasteiger partial charge in [-0.05, 0) is 37.1 Å². The Balaban J connectivity index is 1.57.